The maximum absolute atomic E-state index is 12.0. The fourth-order valence-electron chi connectivity index (χ4n) is 2.81. The van der Waals surface area contributed by atoms with E-state index in [-0.39, 0.29) is 12.5 Å². The number of rotatable bonds is 5. The van der Waals surface area contributed by atoms with Gasteiger partial charge in [0.1, 0.15) is 11.6 Å². The lowest BCUT2D eigenvalue weighted by molar-refractivity contribution is -0.118. The van der Waals surface area contributed by atoms with E-state index in [0.717, 1.165) is 12.8 Å². The molecular formula is C17H18N4O2. The molecule has 0 atom stereocenters. The van der Waals surface area contributed by atoms with Crippen LogP contribution in [0.3, 0.4) is 0 Å². The minimum absolute atomic E-state index is 0.0816. The zero-order chi connectivity index (χ0) is 16.1. The second-order valence-electron chi connectivity index (χ2n) is 5.57. The average molecular weight is 310 g/mol. The molecule has 1 heterocycles. The zero-order valence-electron chi connectivity index (χ0n) is 12.7. The lowest BCUT2D eigenvalue weighted by atomic mass is 10.2. The molecule has 6 heteroatoms. The molecule has 1 saturated carbocycles. The van der Waals surface area contributed by atoms with Crippen LogP contribution in [0.25, 0.3) is 0 Å². The molecule has 3 rings (SSSR count). The highest BCUT2D eigenvalue weighted by Gasteiger charge is 2.20. The van der Waals surface area contributed by atoms with Crippen molar-refractivity contribution in [1.82, 2.24) is 9.78 Å². The Morgan fingerprint density at radius 1 is 1.30 bits per heavy atom. The Kier molecular flexibility index (Phi) is 4.57. The number of nitrogens with one attached hydrogen (secondary N) is 1. The molecule has 1 aliphatic rings. The first kappa shape index (κ1) is 15.1. The molecule has 1 aliphatic carbocycles. The monoisotopic (exact) mass is 310 g/mol. The van der Waals surface area contributed by atoms with E-state index in [2.05, 4.69) is 10.4 Å². The van der Waals surface area contributed by atoms with Crippen molar-refractivity contribution in [2.45, 2.75) is 31.7 Å². The summed E-state index contributed by atoms with van der Waals surface area (Å²) in [5.74, 6) is 1.04. The molecule has 0 radical (unpaired) electrons. The lowest BCUT2D eigenvalue weighted by Crippen LogP contribution is -2.23. The molecule has 1 aromatic carbocycles. The Morgan fingerprint density at radius 2 is 2.04 bits per heavy atom. The normalized spacial score (nSPS) is 14.4. The van der Waals surface area contributed by atoms with E-state index >= 15 is 0 Å². The second-order valence-corrected chi connectivity index (χ2v) is 5.57. The van der Waals surface area contributed by atoms with Crippen molar-refractivity contribution in [3.8, 4) is 11.8 Å². The van der Waals surface area contributed by atoms with Gasteiger partial charge in [-0.05, 0) is 37.1 Å². The molecule has 0 bridgehead atoms. The van der Waals surface area contributed by atoms with Gasteiger partial charge in [0, 0.05) is 6.07 Å². The largest absolute Gasteiger partial charge is 0.484 e. The summed E-state index contributed by atoms with van der Waals surface area (Å²) in [6, 6.07) is 10.9. The van der Waals surface area contributed by atoms with Crippen LogP contribution in [0.4, 0.5) is 5.82 Å². The van der Waals surface area contributed by atoms with Crippen LogP contribution >= 0.6 is 0 Å². The molecular weight excluding hydrogens is 292 g/mol. The number of nitrogens with zero attached hydrogens (tertiary/aromatic N) is 3. The van der Waals surface area contributed by atoms with Crippen molar-refractivity contribution in [2.24, 2.45) is 0 Å². The first-order valence-electron chi connectivity index (χ1n) is 7.72. The zero-order valence-corrected chi connectivity index (χ0v) is 12.7. The molecule has 0 aliphatic heterocycles. The van der Waals surface area contributed by atoms with Crippen molar-refractivity contribution in [3.63, 3.8) is 0 Å². The average Bonchev–Trinajstić information content (AvgIpc) is 3.24. The van der Waals surface area contributed by atoms with Gasteiger partial charge in [-0.15, -0.1) is 0 Å². The fourth-order valence-corrected chi connectivity index (χ4v) is 2.81. The summed E-state index contributed by atoms with van der Waals surface area (Å²) in [7, 11) is 0. The number of amides is 1. The molecule has 6 nitrogen and oxygen atoms in total. The summed E-state index contributed by atoms with van der Waals surface area (Å²) in [6.07, 6.45) is 6.33. The summed E-state index contributed by atoms with van der Waals surface area (Å²) in [4.78, 5) is 12.0. The lowest BCUT2D eigenvalue weighted by Gasteiger charge is -2.14. The van der Waals surface area contributed by atoms with Gasteiger partial charge in [-0.3, -0.25) is 4.79 Å². The van der Waals surface area contributed by atoms with Crippen LogP contribution < -0.4 is 10.1 Å². The Balaban J connectivity index is 1.55. The number of ether oxygens (including phenoxy) is 1. The second kappa shape index (κ2) is 6.97. The molecule has 0 saturated heterocycles. The van der Waals surface area contributed by atoms with Crippen molar-refractivity contribution in [1.29, 1.82) is 5.26 Å². The van der Waals surface area contributed by atoms with E-state index in [1.807, 2.05) is 10.8 Å². The number of anilines is 1. The summed E-state index contributed by atoms with van der Waals surface area (Å²) in [6.45, 7) is -0.0816. The van der Waals surface area contributed by atoms with Crippen LogP contribution in [-0.2, 0) is 4.79 Å². The third-order valence-corrected chi connectivity index (χ3v) is 3.96. The molecule has 1 aromatic heterocycles. The van der Waals surface area contributed by atoms with E-state index in [0.29, 0.717) is 23.2 Å². The van der Waals surface area contributed by atoms with Crippen molar-refractivity contribution < 1.29 is 9.53 Å². The molecule has 1 N–H and O–H groups in total. The minimum Gasteiger partial charge on any atom is -0.484 e. The van der Waals surface area contributed by atoms with Gasteiger partial charge in [0.2, 0.25) is 0 Å². The smallest absolute Gasteiger partial charge is 0.263 e. The van der Waals surface area contributed by atoms with Crippen LogP contribution in [0.2, 0.25) is 0 Å². The van der Waals surface area contributed by atoms with E-state index in [9.17, 15) is 4.79 Å². The van der Waals surface area contributed by atoms with Crippen LogP contribution in [0.1, 0.15) is 37.3 Å². The quantitative estimate of drug-likeness (QED) is 0.921. The molecule has 23 heavy (non-hydrogen) atoms. The maximum atomic E-state index is 12.0. The predicted molar refractivity (Wildman–Crippen MR) is 85.0 cm³/mol. The van der Waals surface area contributed by atoms with E-state index in [1.165, 1.54) is 12.8 Å². The maximum Gasteiger partial charge on any atom is 0.263 e. The standard InChI is InChI=1S/C17H18N4O2/c18-11-13-5-7-15(8-6-13)23-12-17(22)20-16-9-10-19-21(16)14-3-1-2-4-14/h5-10,14H,1-4,12H2,(H,20,22). The summed E-state index contributed by atoms with van der Waals surface area (Å²) in [5.41, 5.74) is 0.558. The first-order valence-corrected chi connectivity index (χ1v) is 7.72. The van der Waals surface area contributed by atoms with Crippen molar-refractivity contribution in [3.05, 3.63) is 42.1 Å². The third-order valence-electron chi connectivity index (χ3n) is 3.96. The minimum atomic E-state index is -0.228. The Morgan fingerprint density at radius 3 is 2.74 bits per heavy atom. The number of benzene rings is 1. The molecule has 2 aromatic rings. The molecule has 1 fully saturated rings. The van der Waals surface area contributed by atoms with Gasteiger partial charge in [0.15, 0.2) is 6.61 Å². The molecule has 0 spiro atoms. The Bertz CT molecular complexity index is 709. The van der Waals surface area contributed by atoms with E-state index < -0.39 is 0 Å². The van der Waals surface area contributed by atoms with Crippen LogP contribution in [-0.4, -0.2) is 22.3 Å². The SMILES string of the molecule is N#Cc1ccc(OCC(=O)Nc2ccnn2C2CCCC2)cc1. The van der Waals surface area contributed by atoms with Gasteiger partial charge >= 0.3 is 0 Å². The fraction of sp³-hybridized carbons (Fsp3) is 0.353. The number of aromatic nitrogens is 2. The Hall–Kier alpha value is -2.81. The summed E-state index contributed by atoms with van der Waals surface area (Å²) >= 11 is 0. The highest BCUT2D eigenvalue weighted by atomic mass is 16.5. The van der Waals surface area contributed by atoms with Gasteiger partial charge in [-0.2, -0.15) is 10.4 Å². The predicted octanol–water partition coefficient (Wildman–Crippen LogP) is 2.89. The van der Waals surface area contributed by atoms with E-state index in [1.54, 1.807) is 36.5 Å². The van der Waals surface area contributed by atoms with Gasteiger partial charge < -0.3 is 10.1 Å². The van der Waals surface area contributed by atoms with Crippen LogP contribution in [0, 0.1) is 11.3 Å². The van der Waals surface area contributed by atoms with E-state index in [4.69, 9.17) is 10.00 Å². The van der Waals surface area contributed by atoms with Crippen LogP contribution in [0.5, 0.6) is 5.75 Å². The number of carbonyl (C=O) groups excluding carboxylic acids is 1. The third kappa shape index (κ3) is 3.69. The van der Waals surface area contributed by atoms with Gasteiger partial charge in [-0.1, -0.05) is 12.8 Å². The first-order chi connectivity index (χ1) is 11.3. The topological polar surface area (TPSA) is 79.9 Å². The number of hydrogen-bond acceptors (Lipinski definition) is 4. The highest BCUT2D eigenvalue weighted by molar-refractivity contribution is 5.91. The van der Waals surface area contributed by atoms with Gasteiger partial charge in [-0.25, -0.2) is 4.68 Å². The van der Waals surface area contributed by atoms with Gasteiger partial charge in [0.25, 0.3) is 5.91 Å². The molecule has 0 unspecified atom stereocenters. The number of hydrogen-bond donors (Lipinski definition) is 1. The van der Waals surface area contributed by atoms with Crippen molar-refractivity contribution >= 4 is 11.7 Å². The molecule has 118 valence electrons. The highest BCUT2D eigenvalue weighted by Crippen LogP contribution is 2.31. The summed E-state index contributed by atoms with van der Waals surface area (Å²) < 4.78 is 7.33. The van der Waals surface area contributed by atoms with Crippen LogP contribution in [0.15, 0.2) is 36.5 Å². The van der Waals surface area contributed by atoms with Crippen molar-refractivity contribution in [2.75, 3.05) is 11.9 Å². The number of carbonyl (C=O) groups is 1. The Labute approximate surface area is 134 Å². The van der Waals surface area contributed by atoms with Gasteiger partial charge in [0.05, 0.1) is 23.9 Å². The summed E-state index contributed by atoms with van der Waals surface area (Å²) in [5, 5.41) is 15.9. The molecule has 1 amide bonds. The number of nitriles is 1.